The van der Waals surface area contributed by atoms with Crippen molar-refractivity contribution in [2.75, 3.05) is 92.7 Å². The molecule has 0 aromatic carbocycles. The number of alkyl halides is 9. The van der Waals surface area contributed by atoms with E-state index in [2.05, 4.69) is 78.2 Å². The standard InChI is InChI=1S/2C14H19F2N3O6.C14H18FN3O5.C13H13F2N3O6.C12H15F2N3O6/c1-7(2)6-24-13(23)18-9-3-4-19(12(22)17-9)11-14(15,16)10(21)8(5-20)25-11;1-2-3-6-24-13(23)18-9-4-5-19(12(22)17-9)11-14(15,16)10(21)8(7-20)25-11;1-2-5-23-14(22)17-10-3-4-18(13(21)16-10)9-6-8(7-19)12(20)11(9)15;1-2-5-23-12(22)17-8-3-4-18(11(21)16-8)10-13(14,15)9(20)7(6-19)24-10;1-2-22-11(21)16-7-3-4-17(10(20)15-7)9-12(13,14)8(19)6(5-18)23-9/h3-4,7-8,10-11,20-21H,5-6H2,1-2H3,(H,17,18,22,23);4-5,8,10-11,20-21H,2-3,6-7H2,1H3,(H,17,18,22,23);2-4,8-9,11-12,19-20H,1,5-7H2,(H,16,17,21,22);1,3-4,7,9-10,19-20H,5-6H2,(H,16,17,21,22);3-4,6,8-9,18-19H,2,5H2,1H3,(H,15,16,20,21)/t;;8-,9-,11?,12-;;/m..1../s1. The Morgan fingerprint density at radius 1 is 0.508 bits per heavy atom. The first-order valence-electron chi connectivity index (χ1n) is 35.5. The molecule has 5 fully saturated rings. The SMILES string of the molecule is C#CCOC(=O)Nc1ccn(C2OC(CO)C(O)C2(F)F)c(=O)n1.C=CCOC(=O)Nc1ccn([C@@H]2C[C@H](CO)[C@@H](O)C2F)c(=O)n1.CC(C)COC(=O)Nc1ccn(C2OC(CO)C(O)C2(F)F)c(=O)n1.CCCCOC(=O)Nc1ccn(C2OC(CO)C(O)C2(F)F)c(=O)n1.CCOC(=O)Nc1ccn(C2OC(CO)C(O)C2(F)F)c(=O)n1. The normalized spacial score (nSPS) is 25.6. The molecule has 13 unspecified atom stereocenters. The summed E-state index contributed by atoms with van der Waals surface area (Å²) in [5.74, 6) is -14.5. The highest BCUT2D eigenvalue weighted by molar-refractivity contribution is 5.85. The smallest absolute Gasteiger partial charge is 0.413 e. The van der Waals surface area contributed by atoms with Gasteiger partial charge in [-0.15, -0.1) is 6.42 Å². The van der Waals surface area contributed by atoms with Gasteiger partial charge >= 0.3 is 82.6 Å². The highest BCUT2D eigenvalue weighted by atomic mass is 19.3. The lowest BCUT2D eigenvalue weighted by molar-refractivity contribution is -0.141. The van der Waals surface area contributed by atoms with Crippen molar-refractivity contribution in [1.82, 2.24) is 47.8 Å². The van der Waals surface area contributed by atoms with Crippen molar-refractivity contribution < 1.29 is 157 Å². The maximum atomic E-state index is 14.1. The third-order valence-electron chi connectivity index (χ3n) is 17.0. The molecule has 4 saturated heterocycles. The predicted octanol–water partition coefficient (Wildman–Crippen LogP) is 0.0501. The molecule has 53 heteroatoms. The van der Waals surface area contributed by atoms with E-state index in [0.717, 1.165) is 60.0 Å². The van der Waals surface area contributed by atoms with E-state index in [-0.39, 0.29) is 81.1 Å². The first-order valence-corrected chi connectivity index (χ1v) is 35.5. The largest absolute Gasteiger partial charge is 0.450 e. The number of nitrogens with one attached hydrogen (secondary N) is 5. The van der Waals surface area contributed by atoms with Gasteiger partial charge < -0.3 is 93.7 Å². The number of carbonyl (C=O) groups excluding carboxylic acids is 5. The number of hydrogen-bond donors (Lipinski definition) is 15. The topological polar surface area (TPSA) is 605 Å². The van der Waals surface area contributed by atoms with Crippen LogP contribution in [0.2, 0.25) is 0 Å². The maximum absolute atomic E-state index is 14.1. The lowest BCUT2D eigenvalue weighted by Crippen LogP contribution is -2.41. The first-order chi connectivity index (χ1) is 56.6. The van der Waals surface area contributed by atoms with Crippen LogP contribution in [-0.4, -0.2) is 280 Å². The molecule has 0 radical (unpaired) electrons. The molecule has 9 heterocycles. The number of ether oxygens (including phenoxy) is 9. The van der Waals surface area contributed by atoms with E-state index in [1.54, 1.807) is 6.92 Å². The van der Waals surface area contributed by atoms with Crippen molar-refractivity contribution in [3.8, 4) is 12.3 Å². The summed E-state index contributed by atoms with van der Waals surface area (Å²) in [6.07, 6.45) is -18.1. The molecule has 664 valence electrons. The average Bonchev–Trinajstić information content (AvgIpc) is 1.63. The highest BCUT2D eigenvalue weighted by Crippen LogP contribution is 2.46. The molecule has 16 atom stereocenters. The summed E-state index contributed by atoms with van der Waals surface area (Å²) >= 11 is 0. The summed E-state index contributed by atoms with van der Waals surface area (Å²) in [7, 11) is 0. The second-order valence-corrected chi connectivity index (χ2v) is 26.0. The summed E-state index contributed by atoms with van der Waals surface area (Å²) < 4.78 is 172. The summed E-state index contributed by atoms with van der Waals surface area (Å²) in [5, 5.41) is 103. The molecular weight excluding hydrogens is 1650 g/mol. The van der Waals surface area contributed by atoms with E-state index in [4.69, 9.17) is 60.4 Å². The number of unbranched alkanes of at least 4 members (excludes halogenated alkanes) is 1. The van der Waals surface area contributed by atoms with Crippen LogP contribution in [0.25, 0.3) is 0 Å². The number of nitrogens with zero attached hydrogens (tertiary/aromatic N) is 10. The number of carbonyl (C=O) groups is 5. The van der Waals surface area contributed by atoms with Gasteiger partial charge in [-0.05, 0) is 56.0 Å². The van der Waals surface area contributed by atoms with Crippen LogP contribution >= 0.6 is 0 Å². The number of aromatic nitrogens is 10. The monoisotopic (exact) mass is 1730 g/mol. The molecule has 44 nitrogen and oxygen atoms in total. The summed E-state index contributed by atoms with van der Waals surface area (Å²) in [5.41, 5.74) is -5.32. The van der Waals surface area contributed by atoms with Gasteiger partial charge in [0, 0.05) is 43.5 Å². The molecule has 0 spiro atoms. The molecule has 1 saturated carbocycles. The second-order valence-electron chi connectivity index (χ2n) is 26.0. The Bertz CT molecular complexity index is 4660. The van der Waals surface area contributed by atoms with Gasteiger partial charge in [0.15, 0.2) is 31.0 Å². The van der Waals surface area contributed by atoms with Crippen LogP contribution < -0.4 is 55.0 Å². The Hall–Kier alpha value is -11.1. The van der Waals surface area contributed by atoms with Gasteiger partial charge in [0.1, 0.15) is 66.3 Å². The van der Waals surface area contributed by atoms with Crippen molar-refractivity contribution >= 4 is 59.6 Å². The van der Waals surface area contributed by atoms with E-state index >= 15 is 0 Å². The second kappa shape index (κ2) is 43.7. The Balaban J connectivity index is 0.000000233. The van der Waals surface area contributed by atoms with Crippen molar-refractivity contribution in [3.63, 3.8) is 0 Å². The van der Waals surface area contributed by atoms with E-state index in [9.17, 15) is 113 Å². The third-order valence-corrected chi connectivity index (χ3v) is 17.0. The molecular formula is C67H84F9N15O29. The quantitative estimate of drug-likeness (QED) is 0.0128. The molecule has 10 rings (SSSR count). The van der Waals surface area contributed by atoms with Gasteiger partial charge in [-0.1, -0.05) is 45.8 Å². The van der Waals surface area contributed by atoms with Crippen molar-refractivity contribution in [1.29, 1.82) is 0 Å². The van der Waals surface area contributed by atoms with Gasteiger partial charge in [-0.2, -0.15) is 60.0 Å². The predicted molar refractivity (Wildman–Crippen MR) is 385 cm³/mol. The maximum Gasteiger partial charge on any atom is 0.413 e. The van der Waals surface area contributed by atoms with Crippen LogP contribution in [0, 0.1) is 24.2 Å². The minimum Gasteiger partial charge on any atom is -0.450 e. The van der Waals surface area contributed by atoms with E-state index in [1.807, 2.05) is 20.8 Å². The number of amides is 5. The fourth-order valence-corrected chi connectivity index (χ4v) is 11.0. The van der Waals surface area contributed by atoms with Crippen LogP contribution in [0.3, 0.4) is 0 Å². The Morgan fingerprint density at radius 2 is 0.808 bits per heavy atom. The molecule has 15 N–H and O–H groups in total. The minimum absolute atomic E-state index is 0.00887. The number of terminal acetylenes is 1. The number of halogens is 9. The zero-order chi connectivity index (χ0) is 89.5. The highest BCUT2D eigenvalue weighted by Gasteiger charge is 2.63. The zero-order valence-electron chi connectivity index (χ0n) is 63.2. The molecule has 1 aliphatic carbocycles. The number of hydrogen-bond acceptors (Lipinski definition) is 34. The molecule has 5 amide bonds. The van der Waals surface area contributed by atoms with E-state index in [1.165, 1.54) is 18.3 Å². The zero-order valence-corrected chi connectivity index (χ0v) is 63.2. The van der Waals surface area contributed by atoms with Crippen molar-refractivity contribution in [2.24, 2.45) is 11.8 Å². The van der Waals surface area contributed by atoms with Gasteiger partial charge in [-0.3, -0.25) is 49.4 Å². The average molecular weight is 1730 g/mol. The van der Waals surface area contributed by atoms with Gasteiger partial charge in [0.25, 0.3) is 0 Å². The number of rotatable bonds is 24. The first kappa shape index (κ1) is 97.7. The van der Waals surface area contributed by atoms with Crippen molar-refractivity contribution in [3.05, 3.63) is 126 Å². The van der Waals surface area contributed by atoms with Crippen LogP contribution in [0.5, 0.6) is 0 Å². The third kappa shape index (κ3) is 24.5. The Labute approximate surface area is 668 Å². The summed E-state index contributed by atoms with van der Waals surface area (Å²) in [6, 6.07) is 4.77. The molecule has 5 aromatic heterocycles. The van der Waals surface area contributed by atoms with E-state index in [0.29, 0.717) is 24.7 Å². The molecule has 5 aliphatic rings. The van der Waals surface area contributed by atoms with Crippen LogP contribution in [0.4, 0.5) is 92.6 Å². The minimum atomic E-state index is -3.82. The van der Waals surface area contributed by atoms with Crippen LogP contribution in [0.15, 0.2) is 97.9 Å². The number of anilines is 5. The summed E-state index contributed by atoms with van der Waals surface area (Å²) in [4.78, 5) is 134. The fourth-order valence-electron chi connectivity index (χ4n) is 11.0. The Kier molecular flexibility index (Phi) is 35.6. The molecule has 120 heavy (non-hydrogen) atoms. The van der Waals surface area contributed by atoms with Gasteiger partial charge in [0.05, 0.1) is 58.4 Å². The van der Waals surface area contributed by atoms with E-state index < -0.39 is 207 Å². The fraction of sp³-hybridized carbons (Fsp3) is 0.567. The van der Waals surface area contributed by atoms with Crippen LogP contribution in [0.1, 0.15) is 77.9 Å². The van der Waals surface area contributed by atoms with Gasteiger partial charge in [-0.25, -0.2) is 52.3 Å². The Morgan fingerprint density at radius 3 is 1.07 bits per heavy atom. The van der Waals surface area contributed by atoms with Gasteiger partial charge in [0.2, 0.25) is 24.9 Å². The molecule has 5 aromatic rings. The molecule has 0 bridgehead atoms. The number of aliphatic hydroxyl groups excluding tert-OH is 10. The van der Waals surface area contributed by atoms with Crippen LogP contribution in [-0.2, 0) is 42.6 Å². The lowest BCUT2D eigenvalue weighted by Gasteiger charge is -2.21. The van der Waals surface area contributed by atoms with Crippen molar-refractivity contribution in [2.45, 2.75) is 163 Å². The molecule has 4 aliphatic heterocycles. The lowest BCUT2D eigenvalue weighted by atomic mass is 10.1. The number of aliphatic hydroxyl groups is 10. The summed E-state index contributed by atoms with van der Waals surface area (Å²) in [6.45, 7) is 7.00.